The number of hydrogen-bond acceptors (Lipinski definition) is 2. The third-order valence-corrected chi connectivity index (χ3v) is 7.33. The van der Waals surface area contributed by atoms with Crippen LogP contribution in [0.25, 0.3) is 10.9 Å². The lowest BCUT2D eigenvalue weighted by atomic mass is 9.83. The van der Waals surface area contributed by atoms with Gasteiger partial charge in [0, 0.05) is 47.0 Å². The van der Waals surface area contributed by atoms with E-state index in [1.165, 1.54) is 10.9 Å². The molecule has 3 heterocycles. The minimum Gasteiger partial charge on any atom is -0.356 e. The molecule has 1 fully saturated rings. The maximum atomic E-state index is 13.5. The zero-order chi connectivity index (χ0) is 22.2. The summed E-state index contributed by atoms with van der Waals surface area (Å²) < 4.78 is 0. The van der Waals surface area contributed by atoms with Crippen molar-refractivity contribution in [2.24, 2.45) is 0 Å². The van der Waals surface area contributed by atoms with Gasteiger partial charge in [-0.2, -0.15) is 0 Å². The predicted molar refractivity (Wildman–Crippen MR) is 127 cm³/mol. The van der Waals surface area contributed by atoms with Crippen LogP contribution in [0.15, 0.2) is 48.5 Å². The summed E-state index contributed by atoms with van der Waals surface area (Å²) in [6, 6.07) is 16.1. The Morgan fingerprint density at radius 1 is 1.09 bits per heavy atom. The lowest BCUT2D eigenvalue weighted by Crippen LogP contribution is -2.47. The van der Waals surface area contributed by atoms with E-state index < -0.39 is 0 Å². The molecule has 0 radical (unpaired) electrons. The second-order valence-corrected chi connectivity index (χ2v) is 9.33. The van der Waals surface area contributed by atoms with E-state index in [0.29, 0.717) is 24.5 Å². The van der Waals surface area contributed by atoms with Gasteiger partial charge in [-0.15, -0.1) is 0 Å². The highest BCUT2D eigenvalue weighted by Gasteiger charge is 2.38. The fourth-order valence-corrected chi connectivity index (χ4v) is 5.55. The standard InChI is InChI=1S/C26H28ClN3O2/c1-17-26-25(19-10-5-7-12-22(19)28-26)20(18-9-4-6-11-21(18)27)15-30(17)24(32)16-29-14-8-2-3-13-23(29)31/h4-7,9-12,17,20,28H,2-3,8,13-16H2,1H3. The Morgan fingerprint density at radius 3 is 2.72 bits per heavy atom. The number of rotatable bonds is 3. The number of halogens is 1. The number of amides is 2. The van der Waals surface area contributed by atoms with E-state index in [2.05, 4.69) is 30.1 Å². The van der Waals surface area contributed by atoms with Crippen molar-refractivity contribution in [2.45, 2.75) is 44.6 Å². The molecule has 0 spiro atoms. The van der Waals surface area contributed by atoms with Gasteiger partial charge in [0.05, 0.1) is 12.6 Å². The quantitative estimate of drug-likeness (QED) is 0.593. The molecule has 2 aliphatic rings. The second-order valence-electron chi connectivity index (χ2n) is 8.92. The number of carbonyl (C=O) groups is 2. The van der Waals surface area contributed by atoms with Gasteiger partial charge in [0.25, 0.3) is 0 Å². The average Bonchev–Trinajstić information content (AvgIpc) is 3.08. The summed E-state index contributed by atoms with van der Waals surface area (Å²) in [6.45, 7) is 3.42. The van der Waals surface area contributed by atoms with Crippen LogP contribution in [0, 0.1) is 0 Å². The molecule has 6 heteroatoms. The van der Waals surface area contributed by atoms with E-state index in [0.717, 1.165) is 36.0 Å². The smallest absolute Gasteiger partial charge is 0.242 e. The van der Waals surface area contributed by atoms with Crippen molar-refractivity contribution in [1.29, 1.82) is 0 Å². The summed E-state index contributed by atoms with van der Waals surface area (Å²) in [5.41, 5.74) is 4.36. The fourth-order valence-electron chi connectivity index (χ4n) is 5.28. The number of nitrogens with one attached hydrogen (secondary N) is 1. The highest BCUT2D eigenvalue weighted by molar-refractivity contribution is 6.31. The maximum absolute atomic E-state index is 13.5. The number of nitrogens with zero attached hydrogens (tertiary/aromatic N) is 2. The lowest BCUT2D eigenvalue weighted by Gasteiger charge is -2.39. The van der Waals surface area contributed by atoms with Crippen molar-refractivity contribution < 1.29 is 9.59 Å². The Morgan fingerprint density at radius 2 is 1.88 bits per heavy atom. The minimum absolute atomic E-state index is 0.00545. The van der Waals surface area contributed by atoms with Crippen LogP contribution in [-0.2, 0) is 9.59 Å². The summed E-state index contributed by atoms with van der Waals surface area (Å²) in [4.78, 5) is 33.2. The number of H-pyrrole nitrogens is 1. The van der Waals surface area contributed by atoms with E-state index in [9.17, 15) is 9.59 Å². The third-order valence-electron chi connectivity index (χ3n) is 6.99. The van der Waals surface area contributed by atoms with Gasteiger partial charge in [0.2, 0.25) is 11.8 Å². The average molecular weight is 450 g/mol. The van der Waals surface area contributed by atoms with Gasteiger partial charge >= 0.3 is 0 Å². The van der Waals surface area contributed by atoms with E-state index in [1.54, 1.807) is 4.90 Å². The largest absolute Gasteiger partial charge is 0.356 e. The van der Waals surface area contributed by atoms with Crippen LogP contribution < -0.4 is 0 Å². The Labute approximate surface area is 193 Å². The third kappa shape index (κ3) is 3.69. The van der Waals surface area contributed by atoms with Crippen LogP contribution in [0.4, 0.5) is 0 Å². The molecule has 0 bridgehead atoms. The van der Waals surface area contributed by atoms with E-state index >= 15 is 0 Å². The number of para-hydroxylation sites is 1. The first kappa shape index (κ1) is 21.1. The molecule has 2 unspecified atom stereocenters. The summed E-state index contributed by atoms with van der Waals surface area (Å²) in [7, 11) is 0. The topological polar surface area (TPSA) is 56.4 Å². The maximum Gasteiger partial charge on any atom is 0.242 e. The number of benzene rings is 2. The zero-order valence-corrected chi connectivity index (χ0v) is 19.1. The zero-order valence-electron chi connectivity index (χ0n) is 18.3. The summed E-state index contributed by atoms with van der Waals surface area (Å²) in [6.07, 6.45) is 3.46. The molecule has 2 atom stereocenters. The van der Waals surface area contributed by atoms with Gasteiger partial charge in [-0.3, -0.25) is 9.59 Å². The molecule has 1 N–H and O–H groups in total. The van der Waals surface area contributed by atoms with Crippen LogP contribution >= 0.6 is 11.6 Å². The Bertz CT molecular complexity index is 1170. The molecule has 2 amide bonds. The van der Waals surface area contributed by atoms with E-state index in [-0.39, 0.29) is 30.3 Å². The van der Waals surface area contributed by atoms with Gasteiger partial charge < -0.3 is 14.8 Å². The Kier molecular flexibility index (Phi) is 5.68. The normalized spacial score (nSPS) is 21.5. The molecule has 2 aliphatic heterocycles. The molecule has 5 nitrogen and oxygen atoms in total. The number of hydrogen-bond donors (Lipinski definition) is 1. The van der Waals surface area contributed by atoms with Crippen molar-refractivity contribution >= 4 is 34.3 Å². The van der Waals surface area contributed by atoms with Crippen molar-refractivity contribution in [1.82, 2.24) is 14.8 Å². The van der Waals surface area contributed by atoms with Gasteiger partial charge in [-0.25, -0.2) is 0 Å². The predicted octanol–water partition coefficient (Wildman–Crippen LogP) is 5.26. The van der Waals surface area contributed by atoms with Gasteiger partial charge in [-0.1, -0.05) is 54.4 Å². The van der Waals surface area contributed by atoms with Crippen molar-refractivity contribution in [3.63, 3.8) is 0 Å². The first-order valence-electron chi connectivity index (χ1n) is 11.5. The summed E-state index contributed by atoms with van der Waals surface area (Å²) in [5, 5.41) is 1.88. The highest BCUT2D eigenvalue weighted by atomic mass is 35.5. The molecule has 32 heavy (non-hydrogen) atoms. The molecule has 0 saturated carbocycles. The first-order chi connectivity index (χ1) is 15.5. The van der Waals surface area contributed by atoms with Crippen molar-refractivity contribution in [2.75, 3.05) is 19.6 Å². The molecule has 0 aliphatic carbocycles. The molecule has 3 aromatic rings. The van der Waals surface area contributed by atoms with Crippen LogP contribution in [0.1, 0.15) is 61.4 Å². The van der Waals surface area contributed by atoms with E-state index in [1.807, 2.05) is 35.2 Å². The summed E-state index contributed by atoms with van der Waals surface area (Å²) in [5.74, 6) is 0.0541. The molecule has 2 aromatic carbocycles. The van der Waals surface area contributed by atoms with Gasteiger partial charge in [-0.05, 0) is 43.0 Å². The number of carbonyl (C=O) groups excluding carboxylic acids is 2. The molecule has 1 aromatic heterocycles. The summed E-state index contributed by atoms with van der Waals surface area (Å²) >= 11 is 6.63. The van der Waals surface area contributed by atoms with Crippen LogP contribution in [-0.4, -0.2) is 46.2 Å². The highest BCUT2D eigenvalue weighted by Crippen LogP contribution is 2.44. The molecular weight excluding hydrogens is 422 g/mol. The van der Waals surface area contributed by atoms with Gasteiger partial charge in [0.1, 0.15) is 0 Å². The van der Waals surface area contributed by atoms with Gasteiger partial charge in [0.15, 0.2) is 0 Å². The molecule has 166 valence electrons. The van der Waals surface area contributed by atoms with Crippen LogP contribution in [0.2, 0.25) is 5.02 Å². The fraction of sp³-hybridized carbons (Fsp3) is 0.385. The Balaban J connectivity index is 1.54. The first-order valence-corrected chi connectivity index (χ1v) is 11.8. The number of likely N-dealkylation sites (tertiary alicyclic amines) is 1. The van der Waals surface area contributed by atoms with Crippen molar-refractivity contribution in [3.8, 4) is 0 Å². The van der Waals surface area contributed by atoms with Crippen molar-refractivity contribution in [3.05, 3.63) is 70.4 Å². The number of fused-ring (bicyclic) bond motifs is 3. The number of aromatic nitrogens is 1. The molecule has 1 saturated heterocycles. The molecular formula is C26H28ClN3O2. The lowest BCUT2D eigenvalue weighted by molar-refractivity contribution is -0.142. The number of aromatic amines is 1. The van der Waals surface area contributed by atoms with Crippen LogP contribution in [0.5, 0.6) is 0 Å². The Hall–Kier alpha value is -2.79. The molecule has 5 rings (SSSR count). The van der Waals surface area contributed by atoms with Crippen LogP contribution in [0.3, 0.4) is 0 Å². The SMILES string of the molecule is CC1c2[nH]c3ccccc3c2C(c2ccccc2Cl)CN1C(=O)CN1CCCCCC1=O. The van der Waals surface area contributed by atoms with E-state index in [4.69, 9.17) is 11.6 Å². The monoisotopic (exact) mass is 449 g/mol. The second kappa shape index (κ2) is 8.62. The minimum atomic E-state index is -0.106.